The Morgan fingerprint density at radius 1 is 0.968 bits per heavy atom. The Balaban J connectivity index is 1.58. The van der Waals surface area contributed by atoms with E-state index in [0.29, 0.717) is 21.0 Å². The van der Waals surface area contributed by atoms with Gasteiger partial charge in [-0.15, -0.1) is 10.2 Å². The lowest BCUT2D eigenvalue weighted by atomic mass is 10.2. The predicted octanol–water partition coefficient (Wildman–Crippen LogP) is 6.02. The number of para-hydroxylation sites is 1. The van der Waals surface area contributed by atoms with Crippen LogP contribution in [0.2, 0.25) is 15.1 Å². The molecule has 0 aliphatic rings. The summed E-state index contributed by atoms with van der Waals surface area (Å²) in [5, 5.41) is 13.2. The Bertz CT molecular complexity index is 1220. The Morgan fingerprint density at radius 3 is 2.42 bits per heavy atom. The van der Waals surface area contributed by atoms with Crippen molar-refractivity contribution < 1.29 is 4.79 Å². The first-order chi connectivity index (χ1) is 15.0. The van der Waals surface area contributed by atoms with Crippen LogP contribution in [0.3, 0.4) is 0 Å². The minimum atomic E-state index is -0.280. The first kappa shape index (κ1) is 21.6. The highest BCUT2D eigenvalue weighted by atomic mass is 35.5. The largest absolute Gasteiger partial charge is 0.309 e. The van der Waals surface area contributed by atoms with E-state index in [2.05, 4.69) is 20.5 Å². The second-order valence-electron chi connectivity index (χ2n) is 6.30. The molecule has 2 aromatic heterocycles. The zero-order chi connectivity index (χ0) is 21.8. The third kappa shape index (κ3) is 5.19. The van der Waals surface area contributed by atoms with Gasteiger partial charge in [0.15, 0.2) is 16.8 Å². The third-order valence-corrected chi connectivity index (χ3v) is 5.82. The van der Waals surface area contributed by atoms with Crippen molar-refractivity contribution >= 4 is 58.3 Å². The van der Waals surface area contributed by atoms with Gasteiger partial charge in [-0.1, -0.05) is 64.8 Å². The number of hydrogen-bond donors (Lipinski definition) is 1. The summed E-state index contributed by atoms with van der Waals surface area (Å²) in [6, 6.07) is 18.5. The number of pyridine rings is 1. The van der Waals surface area contributed by atoms with Gasteiger partial charge in [0.25, 0.3) is 0 Å². The van der Waals surface area contributed by atoms with E-state index in [1.165, 1.54) is 24.0 Å². The molecular formula is C21H14Cl3N5OS. The van der Waals surface area contributed by atoms with E-state index in [-0.39, 0.29) is 22.5 Å². The number of benzene rings is 2. The summed E-state index contributed by atoms with van der Waals surface area (Å²) >= 11 is 19.2. The normalized spacial score (nSPS) is 10.8. The lowest BCUT2D eigenvalue weighted by Crippen LogP contribution is -2.15. The van der Waals surface area contributed by atoms with Crippen molar-refractivity contribution in [3.8, 4) is 17.1 Å². The van der Waals surface area contributed by atoms with Gasteiger partial charge in [0.05, 0.1) is 15.8 Å². The molecule has 0 unspecified atom stereocenters. The summed E-state index contributed by atoms with van der Waals surface area (Å²) in [6.45, 7) is 0. The molecule has 0 spiro atoms. The molecule has 156 valence electrons. The van der Waals surface area contributed by atoms with E-state index in [0.717, 1.165) is 11.3 Å². The summed E-state index contributed by atoms with van der Waals surface area (Å²) < 4.78 is 1.90. The van der Waals surface area contributed by atoms with Crippen molar-refractivity contribution in [1.29, 1.82) is 0 Å². The van der Waals surface area contributed by atoms with Crippen molar-refractivity contribution in [1.82, 2.24) is 19.7 Å². The maximum Gasteiger partial charge on any atom is 0.236 e. The zero-order valence-electron chi connectivity index (χ0n) is 15.8. The van der Waals surface area contributed by atoms with Gasteiger partial charge in [-0.25, -0.2) is 4.98 Å². The number of nitrogens with one attached hydrogen (secondary N) is 1. The van der Waals surface area contributed by atoms with Gasteiger partial charge in [-0.3, -0.25) is 9.36 Å². The molecule has 1 amide bonds. The average Bonchev–Trinajstić information content (AvgIpc) is 3.19. The van der Waals surface area contributed by atoms with Crippen molar-refractivity contribution in [2.75, 3.05) is 11.1 Å². The van der Waals surface area contributed by atoms with Gasteiger partial charge in [0, 0.05) is 22.5 Å². The van der Waals surface area contributed by atoms with Crippen molar-refractivity contribution in [3.05, 3.63) is 81.9 Å². The highest BCUT2D eigenvalue weighted by molar-refractivity contribution is 7.99. The topological polar surface area (TPSA) is 72.7 Å². The lowest BCUT2D eigenvalue weighted by molar-refractivity contribution is -0.113. The molecule has 1 N–H and O–H groups in total. The van der Waals surface area contributed by atoms with E-state index < -0.39 is 0 Å². The summed E-state index contributed by atoms with van der Waals surface area (Å²) in [6.07, 6.45) is 1.42. The molecule has 31 heavy (non-hydrogen) atoms. The maximum atomic E-state index is 12.4. The number of hydrogen-bond acceptors (Lipinski definition) is 5. The molecule has 0 aliphatic heterocycles. The number of halogens is 3. The SMILES string of the molecule is O=C(CSc1nnc(-c2ccc(Cl)cc2)n1-c1ccccc1)Nc1ncc(Cl)cc1Cl. The van der Waals surface area contributed by atoms with Gasteiger partial charge in [0.1, 0.15) is 0 Å². The summed E-state index contributed by atoms with van der Waals surface area (Å²) in [4.78, 5) is 16.5. The number of carbonyl (C=O) groups excluding carboxylic acids is 1. The number of nitrogens with zero attached hydrogens (tertiary/aromatic N) is 4. The maximum absolute atomic E-state index is 12.4. The highest BCUT2D eigenvalue weighted by Gasteiger charge is 2.18. The fraction of sp³-hybridized carbons (Fsp3) is 0.0476. The van der Waals surface area contributed by atoms with Gasteiger partial charge < -0.3 is 5.32 Å². The molecule has 4 rings (SSSR count). The quantitative estimate of drug-likeness (QED) is 0.335. The second-order valence-corrected chi connectivity index (χ2v) is 8.53. The summed E-state index contributed by atoms with van der Waals surface area (Å²) in [5.74, 6) is 0.709. The lowest BCUT2D eigenvalue weighted by Gasteiger charge is -2.10. The minimum Gasteiger partial charge on any atom is -0.309 e. The van der Waals surface area contributed by atoms with Crippen LogP contribution >= 0.6 is 46.6 Å². The van der Waals surface area contributed by atoms with Crippen molar-refractivity contribution in [2.45, 2.75) is 5.16 Å². The molecule has 0 aliphatic carbocycles. The molecule has 0 bridgehead atoms. The molecule has 0 radical (unpaired) electrons. The Hall–Kier alpha value is -2.58. The van der Waals surface area contributed by atoms with Gasteiger partial charge >= 0.3 is 0 Å². The molecular weight excluding hydrogens is 477 g/mol. The molecule has 2 heterocycles. The van der Waals surface area contributed by atoms with E-state index in [1.54, 1.807) is 12.1 Å². The number of amides is 1. The Morgan fingerprint density at radius 2 is 1.71 bits per heavy atom. The van der Waals surface area contributed by atoms with Crippen LogP contribution in [0.5, 0.6) is 0 Å². The van der Waals surface area contributed by atoms with Crippen LogP contribution in [-0.4, -0.2) is 31.4 Å². The van der Waals surface area contributed by atoms with E-state index in [4.69, 9.17) is 34.8 Å². The zero-order valence-corrected chi connectivity index (χ0v) is 18.9. The van der Waals surface area contributed by atoms with Gasteiger partial charge in [0.2, 0.25) is 5.91 Å². The molecule has 0 atom stereocenters. The highest BCUT2D eigenvalue weighted by Crippen LogP contribution is 2.29. The fourth-order valence-electron chi connectivity index (χ4n) is 2.76. The second kappa shape index (κ2) is 9.70. The predicted molar refractivity (Wildman–Crippen MR) is 125 cm³/mol. The molecule has 10 heteroatoms. The summed E-state index contributed by atoms with van der Waals surface area (Å²) in [7, 11) is 0. The van der Waals surface area contributed by atoms with Crippen LogP contribution < -0.4 is 5.32 Å². The van der Waals surface area contributed by atoms with E-state index in [9.17, 15) is 4.79 Å². The number of rotatable bonds is 6. The molecule has 0 saturated heterocycles. The van der Waals surface area contributed by atoms with E-state index in [1.807, 2.05) is 47.0 Å². The van der Waals surface area contributed by atoms with Crippen LogP contribution in [-0.2, 0) is 4.79 Å². The molecule has 2 aromatic carbocycles. The number of anilines is 1. The van der Waals surface area contributed by atoms with Gasteiger partial charge in [-0.2, -0.15) is 0 Å². The fourth-order valence-corrected chi connectivity index (χ4v) is 4.07. The van der Waals surface area contributed by atoms with Crippen LogP contribution in [0, 0.1) is 0 Å². The number of carbonyl (C=O) groups is 1. The van der Waals surface area contributed by atoms with Crippen molar-refractivity contribution in [3.63, 3.8) is 0 Å². The molecule has 0 saturated carbocycles. The van der Waals surface area contributed by atoms with Crippen LogP contribution in [0.25, 0.3) is 17.1 Å². The third-order valence-electron chi connectivity index (χ3n) is 4.15. The first-order valence-electron chi connectivity index (χ1n) is 9.02. The average molecular weight is 491 g/mol. The minimum absolute atomic E-state index is 0.0895. The smallest absolute Gasteiger partial charge is 0.236 e. The van der Waals surface area contributed by atoms with Gasteiger partial charge in [-0.05, 0) is 42.5 Å². The molecule has 6 nitrogen and oxygen atoms in total. The number of aromatic nitrogens is 4. The van der Waals surface area contributed by atoms with E-state index >= 15 is 0 Å². The van der Waals surface area contributed by atoms with Crippen molar-refractivity contribution in [2.24, 2.45) is 0 Å². The number of thioether (sulfide) groups is 1. The monoisotopic (exact) mass is 489 g/mol. The first-order valence-corrected chi connectivity index (χ1v) is 11.1. The standard InChI is InChI=1S/C21H14Cl3N5OS/c22-14-8-6-13(7-9-14)20-27-28-21(29(20)16-4-2-1-3-5-16)31-12-18(30)26-19-17(24)10-15(23)11-25-19/h1-11H,12H2,(H,25,26,30). The van der Waals surface area contributed by atoms with Crippen LogP contribution in [0.4, 0.5) is 5.82 Å². The molecule has 0 fully saturated rings. The van der Waals surface area contributed by atoms with Crippen LogP contribution in [0.1, 0.15) is 0 Å². The molecule has 4 aromatic rings. The Labute approximate surface area is 197 Å². The van der Waals surface area contributed by atoms with Crippen LogP contribution in [0.15, 0.2) is 72.0 Å². The summed E-state index contributed by atoms with van der Waals surface area (Å²) in [5.41, 5.74) is 1.73. The Kier molecular flexibility index (Phi) is 6.77.